The van der Waals surface area contributed by atoms with E-state index >= 15 is 0 Å². The number of nitrogens with one attached hydrogen (secondary N) is 1. The Kier molecular flexibility index (Phi) is 7.26. The predicted octanol–water partition coefficient (Wildman–Crippen LogP) is 3.55. The summed E-state index contributed by atoms with van der Waals surface area (Å²) in [7, 11) is 0. The SMILES string of the molecule is CCOCCOCc1cccc(NCc2cccc(C(=O)O)c2)c1. The summed E-state index contributed by atoms with van der Waals surface area (Å²) in [4.78, 5) is 11.0. The molecule has 0 fully saturated rings. The molecule has 0 spiro atoms. The Morgan fingerprint density at radius 1 is 1.04 bits per heavy atom. The lowest BCUT2D eigenvalue weighted by atomic mass is 10.1. The van der Waals surface area contributed by atoms with Crippen molar-refractivity contribution in [3.8, 4) is 0 Å². The number of hydrogen-bond donors (Lipinski definition) is 2. The third-order valence-corrected chi connectivity index (χ3v) is 3.44. The lowest BCUT2D eigenvalue weighted by molar-refractivity contribution is 0.0453. The van der Waals surface area contributed by atoms with Gasteiger partial charge in [0.05, 0.1) is 25.4 Å². The van der Waals surface area contributed by atoms with E-state index in [-0.39, 0.29) is 0 Å². The lowest BCUT2D eigenvalue weighted by Crippen LogP contribution is -2.05. The molecular weight excluding hydrogens is 306 g/mol. The van der Waals surface area contributed by atoms with Crippen LogP contribution in [0.2, 0.25) is 0 Å². The number of carboxylic acid groups (broad SMARTS) is 1. The van der Waals surface area contributed by atoms with Crippen molar-refractivity contribution in [3.63, 3.8) is 0 Å². The molecule has 128 valence electrons. The van der Waals surface area contributed by atoms with Gasteiger partial charge >= 0.3 is 5.97 Å². The second kappa shape index (κ2) is 9.70. The van der Waals surface area contributed by atoms with Crippen LogP contribution in [0.4, 0.5) is 5.69 Å². The molecule has 0 aliphatic rings. The van der Waals surface area contributed by atoms with E-state index in [0.717, 1.165) is 16.8 Å². The molecule has 0 aliphatic carbocycles. The van der Waals surface area contributed by atoms with Crippen LogP contribution in [-0.4, -0.2) is 30.9 Å². The highest BCUT2D eigenvalue weighted by Gasteiger charge is 2.03. The molecule has 0 aromatic heterocycles. The fraction of sp³-hybridized carbons (Fsp3) is 0.316. The van der Waals surface area contributed by atoms with E-state index in [1.807, 2.05) is 37.3 Å². The van der Waals surface area contributed by atoms with Crippen molar-refractivity contribution in [2.24, 2.45) is 0 Å². The first kappa shape index (κ1) is 18.0. The molecule has 0 amide bonds. The predicted molar refractivity (Wildman–Crippen MR) is 93.3 cm³/mol. The summed E-state index contributed by atoms with van der Waals surface area (Å²) in [5.74, 6) is -0.914. The molecule has 2 aromatic carbocycles. The molecule has 0 saturated carbocycles. The summed E-state index contributed by atoms with van der Waals surface area (Å²) < 4.78 is 10.8. The van der Waals surface area contributed by atoms with Gasteiger partial charge in [-0.3, -0.25) is 0 Å². The zero-order valence-corrected chi connectivity index (χ0v) is 13.8. The minimum atomic E-state index is -0.914. The molecule has 2 N–H and O–H groups in total. The minimum Gasteiger partial charge on any atom is -0.478 e. The van der Waals surface area contributed by atoms with Gasteiger partial charge < -0.3 is 19.9 Å². The average molecular weight is 329 g/mol. The molecule has 5 heteroatoms. The van der Waals surface area contributed by atoms with E-state index < -0.39 is 5.97 Å². The smallest absolute Gasteiger partial charge is 0.335 e. The van der Waals surface area contributed by atoms with Gasteiger partial charge in [0.15, 0.2) is 0 Å². The van der Waals surface area contributed by atoms with Crippen LogP contribution in [-0.2, 0) is 22.6 Å². The standard InChI is InChI=1S/C19H23NO4/c1-2-23-9-10-24-14-16-6-4-8-18(12-16)20-13-15-5-3-7-17(11-15)19(21)22/h3-8,11-12,20H,2,9-10,13-14H2,1H3,(H,21,22). The van der Waals surface area contributed by atoms with Crippen LogP contribution in [0, 0.1) is 0 Å². The summed E-state index contributed by atoms with van der Waals surface area (Å²) in [6.07, 6.45) is 0. The monoisotopic (exact) mass is 329 g/mol. The number of hydrogen-bond acceptors (Lipinski definition) is 4. The fourth-order valence-electron chi connectivity index (χ4n) is 2.24. The Morgan fingerprint density at radius 2 is 1.79 bits per heavy atom. The molecule has 2 rings (SSSR count). The molecule has 0 saturated heterocycles. The van der Waals surface area contributed by atoms with E-state index in [9.17, 15) is 4.79 Å². The number of anilines is 1. The highest BCUT2D eigenvalue weighted by atomic mass is 16.5. The van der Waals surface area contributed by atoms with Gasteiger partial charge in [0.1, 0.15) is 0 Å². The van der Waals surface area contributed by atoms with Crippen molar-refractivity contribution in [1.82, 2.24) is 0 Å². The molecule has 0 heterocycles. The van der Waals surface area contributed by atoms with Crippen LogP contribution in [0.15, 0.2) is 48.5 Å². The number of benzene rings is 2. The van der Waals surface area contributed by atoms with Gasteiger partial charge in [0, 0.05) is 18.8 Å². The molecule has 5 nitrogen and oxygen atoms in total. The van der Waals surface area contributed by atoms with Crippen molar-refractivity contribution in [1.29, 1.82) is 0 Å². The maximum Gasteiger partial charge on any atom is 0.335 e. The number of aromatic carboxylic acids is 1. The summed E-state index contributed by atoms with van der Waals surface area (Å²) >= 11 is 0. The number of carbonyl (C=O) groups is 1. The molecular formula is C19H23NO4. The van der Waals surface area contributed by atoms with Crippen LogP contribution < -0.4 is 5.32 Å². The van der Waals surface area contributed by atoms with Crippen molar-refractivity contribution >= 4 is 11.7 Å². The number of rotatable bonds is 10. The van der Waals surface area contributed by atoms with Gasteiger partial charge in [-0.2, -0.15) is 0 Å². The Labute approximate surface area is 142 Å². The van der Waals surface area contributed by atoms with Crippen LogP contribution in [0.25, 0.3) is 0 Å². The van der Waals surface area contributed by atoms with Crippen molar-refractivity contribution in [2.75, 3.05) is 25.1 Å². The first-order valence-electron chi connectivity index (χ1n) is 7.99. The molecule has 0 unspecified atom stereocenters. The van der Waals surface area contributed by atoms with Gasteiger partial charge in [-0.15, -0.1) is 0 Å². The summed E-state index contributed by atoms with van der Waals surface area (Å²) in [5.41, 5.74) is 3.27. The zero-order valence-electron chi connectivity index (χ0n) is 13.8. The van der Waals surface area contributed by atoms with Crippen LogP contribution in [0.5, 0.6) is 0 Å². The van der Waals surface area contributed by atoms with Gasteiger partial charge in [-0.1, -0.05) is 24.3 Å². The first-order chi connectivity index (χ1) is 11.7. The first-order valence-corrected chi connectivity index (χ1v) is 7.99. The summed E-state index contributed by atoms with van der Waals surface area (Å²) in [5, 5.41) is 12.3. The van der Waals surface area contributed by atoms with Gasteiger partial charge in [0.25, 0.3) is 0 Å². The quantitative estimate of drug-likeness (QED) is 0.653. The topological polar surface area (TPSA) is 67.8 Å². The number of ether oxygens (including phenoxy) is 2. The molecule has 0 atom stereocenters. The van der Waals surface area contributed by atoms with E-state index in [1.165, 1.54) is 0 Å². The second-order valence-electron chi connectivity index (χ2n) is 5.31. The Balaban J connectivity index is 1.85. The van der Waals surface area contributed by atoms with Crippen molar-refractivity contribution in [3.05, 3.63) is 65.2 Å². The normalized spacial score (nSPS) is 10.5. The molecule has 24 heavy (non-hydrogen) atoms. The van der Waals surface area contributed by atoms with Crippen molar-refractivity contribution in [2.45, 2.75) is 20.1 Å². The Morgan fingerprint density at radius 3 is 2.58 bits per heavy atom. The summed E-state index contributed by atoms with van der Waals surface area (Å²) in [6.45, 7) is 4.95. The van der Waals surface area contributed by atoms with Crippen LogP contribution in [0.1, 0.15) is 28.4 Å². The molecule has 0 aliphatic heterocycles. The highest BCUT2D eigenvalue weighted by molar-refractivity contribution is 5.87. The highest BCUT2D eigenvalue weighted by Crippen LogP contribution is 2.14. The van der Waals surface area contributed by atoms with E-state index in [0.29, 0.717) is 38.5 Å². The molecule has 0 radical (unpaired) electrons. The third-order valence-electron chi connectivity index (χ3n) is 3.44. The lowest BCUT2D eigenvalue weighted by Gasteiger charge is -2.10. The largest absolute Gasteiger partial charge is 0.478 e. The number of carboxylic acids is 1. The zero-order chi connectivity index (χ0) is 17.2. The third kappa shape index (κ3) is 6.02. The summed E-state index contributed by atoms with van der Waals surface area (Å²) in [6, 6.07) is 14.9. The molecule has 0 bridgehead atoms. The Bertz CT molecular complexity index is 657. The second-order valence-corrected chi connectivity index (χ2v) is 5.31. The van der Waals surface area contributed by atoms with E-state index in [4.69, 9.17) is 14.6 Å². The van der Waals surface area contributed by atoms with Crippen molar-refractivity contribution < 1.29 is 19.4 Å². The maximum absolute atomic E-state index is 11.0. The van der Waals surface area contributed by atoms with Crippen LogP contribution >= 0.6 is 0 Å². The average Bonchev–Trinajstić information content (AvgIpc) is 2.60. The Hall–Kier alpha value is -2.37. The van der Waals surface area contributed by atoms with Gasteiger partial charge in [-0.25, -0.2) is 4.79 Å². The minimum absolute atomic E-state index is 0.297. The van der Waals surface area contributed by atoms with E-state index in [2.05, 4.69) is 5.32 Å². The van der Waals surface area contributed by atoms with Crippen LogP contribution in [0.3, 0.4) is 0 Å². The van der Waals surface area contributed by atoms with Gasteiger partial charge in [-0.05, 0) is 42.3 Å². The van der Waals surface area contributed by atoms with E-state index in [1.54, 1.807) is 18.2 Å². The molecule has 2 aromatic rings. The fourth-order valence-corrected chi connectivity index (χ4v) is 2.24. The maximum atomic E-state index is 11.0. The van der Waals surface area contributed by atoms with Gasteiger partial charge in [0.2, 0.25) is 0 Å².